The summed E-state index contributed by atoms with van der Waals surface area (Å²) in [6, 6.07) is 11.8. The van der Waals surface area contributed by atoms with Crippen molar-refractivity contribution in [3.63, 3.8) is 0 Å². The fourth-order valence-electron chi connectivity index (χ4n) is 3.47. The third kappa shape index (κ3) is 6.27. The smallest absolute Gasteiger partial charge is 0.349 e. The zero-order valence-corrected chi connectivity index (χ0v) is 17.6. The molecule has 1 aliphatic heterocycles. The molecule has 5 nitrogen and oxygen atoms in total. The van der Waals surface area contributed by atoms with E-state index >= 15 is 0 Å². The van der Waals surface area contributed by atoms with Crippen molar-refractivity contribution in [1.82, 2.24) is 15.5 Å². The number of nitrogens with one attached hydrogen (secondary N) is 2. The van der Waals surface area contributed by atoms with E-state index in [2.05, 4.69) is 22.5 Å². The summed E-state index contributed by atoms with van der Waals surface area (Å²) in [4.78, 5) is 26.4. The Balaban J connectivity index is 1.43. The molecule has 168 valence electrons. The monoisotopic (exact) mass is 443 g/mol. The Morgan fingerprint density at radius 2 is 1.81 bits per heavy atom. The van der Waals surface area contributed by atoms with E-state index in [0.29, 0.717) is 31.5 Å². The number of benzene rings is 2. The quantitative estimate of drug-likeness (QED) is 0.706. The summed E-state index contributed by atoms with van der Waals surface area (Å²) in [6.45, 7) is 2.90. The molecule has 8 heteroatoms. The van der Waals surface area contributed by atoms with Gasteiger partial charge in [-0.15, -0.1) is 0 Å². The number of likely N-dealkylation sites (tertiary alicyclic amines) is 1. The van der Waals surface area contributed by atoms with Crippen LogP contribution >= 0.6 is 0 Å². The number of hydrogen-bond donors (Lipinski definition) is 2. The van der Waals surface area contributed by atoms with Crippen LogP contribution in [0.2, 0.25) is 0 Å². The van der Waals surface area contributed by atoms with Gasteiger partial charge in [-0.25, -0.2) is 4.79 Å². The summed E-state index contributed by atoms with van der Waals surface area (Å²) >= 11 is 0. The third-order valence-corrected chi connectivity index (χ3v) is 5.26. The van der Waals surface area contributed by atoms with E-state index in [1.165, 1.54) is 12.1 Å². The van der Waals surface area contributed by atoms with Crippen LogP contribution in [0.5, 0.6) is 0 Å². The van der Waals surface area contributed by atoms with Crippen molar-refractivity contribution in [3.8, 4) is 11.8 Å². The zero-order valence-electron chi connectivity index (χ0n) is 17.6. The van der Waals surface area contributed by atoms with E-state index in [0.717, 1.165) is 17.7 Å². The molecule has 2 N–H and O–H groups in total. The van der Waals surface area contributed by atoms with Crippen LogP contribution in [-0.2, 0) is 6.18 Å². The molecule has 0 aromatic heterocycles. The molecule has 0 radical (unpaired) electrons. The molecular weight excluding hydrogens is 419 g/mol. The molecule has 0 unspecified atom stereocenters. The molecule has 0 bridgehead atoms. The van der Waals surface area contributed by atoms with Crippen LogP contribution in [0.15, 0.2) is 48.5 Å². The lowest BCUT2D eigenvalue weighted by molar-refractivity contribution is -0.137. The molecular formula is C24H24F3N3O2. The van der Waals surface area contributed by atoms with Crippen LogP contribution in [0.3, 0.4) is 0 Å². The van der Waals surface area contributed by atoms with Crippen LogP contribution in [-0.4, -0.2) is 42.5 Å². The first-order valence-electron chi connectivity index (χ1n) is 10.3. The van der Waals surface area contributed by atoms with E-state index in [4.69, 9.17) is 0 Å². The number of urea groups is 1. The number of amides is 3. The van der Waals surface area contributed by atoms with Gasteiger partial charge in [-0.05, 0) is 49.6 Å². The SMILES string of the molecule is Cc1ccccc1C(=O)NC1CCN(C(=O)NCC#Cc2cccc(C(F)(F)F)c2)CC1. The molecule has 32 heavy (non-hydrogen) atoms. The number of carbonyl (C=O) groups excluding carboxylic acids is 2. The molecule has 2 aromatic carbocycles. The minimum Gasteiger partial charge on any atom is -0.349 e. The lowest BCUT2D eigenvalue weighted by Gasteiger charge is -2.32. The van der Waals surface area contributed by atoms with E-state index in [9.17, 15) is 22.8 Å². The van der Waals surface area contributed by atoms with Gasteiger partial charge in [0, 0.05) is 30.3 Å². The Morgan fingerprint density at radius 3 is 2.50 bits per heavy atom. The third-order valence-electron chi connectivity index (χ3n) is 5.26. The first-order chi connectivity index (χ1) is 15.2. The summed E-state index contributed by atoms with van der Waals surface area (Å²) in [5, 5.41) is 5.68. The zero-order chi connectivity index (χ0) is 23.1. The van der Waals surface area contributed by atoms with Gasteiger partial charge in [0.2, 0.25) is 0 Å². The molecule has 1 saturated heterocycles. The molecule has 0 atom stereocenters. The van der Waals surface area contributed by atoms with Crippen molar-refractivity contribution < 1.29 is 22.8 Å². The van der Waals surface area contributed by atoms with Crippen LogP contribution in [0.4, 0.5) is 18.0 Å². The van der Waals surface area contributed by atoms with Gasteiger partial charge in [0.05, 0.1) is 12.1 Å². The van der Waals surface area contributed by atoms with Crippen molar-refractivity contribution in [2.75, 3.05) is 19.6 Å². The van der Waals surface area contributed by atoms with E-state index in [-0.39, 0.29) is 30.1 Å². The largest absolute Gasteiger partial charge is 0.416 e. The summed E-state index contributed by atoms with van der Waals surface area (Å²) in [7, 11) is 0. The lowest BCUT2D eigenvalue weighted by Crippen LogP contribution is -2.49. The van der Waals surface area contributed by atoms with Crippen molar-refractivity contribution >= 4 is 11.9 Å². The minimum atomic E-state index is -4.42. The molecule has 1 aliphatic rings. The summed E-state index contributed by atoms with van der Waals surface area (Å²) in [6.07, 6.45) is -3.14. The number of nitrogens with zero attached hydrogens (tertiary/aromatic N) is 1. The molecule has 1 heterocycles. The number of halogens is 3. The van der Waals surface area contributed by atoms with Gasteiger partial charge in [0.1, 0.15) is 0 Å². The van der Waals surface area contributed by atoms with Gasteiger partial charge < -0.3 is 15.5 Å². The fourth-order valence-corrected chi connectivity index (χ4v) is 3.47. The molecule has 3 rings (SSSR count). The molecule has 0 saturated carbocycles. The number of carbonyl (C=O) groups is 2. The Kier molecular flexibility index (Phi) is 7.41. The first kappa shape index (κ1) is 23.2. The van der Waals surface area contributed by atoms with Gasteiger partial charge in [0.15, 0.2) is 0 Å². The van der Waals surface area contributed by atoms with Gasteiger partial charge in [0.25, 0.3) is 5.91 Å². The average Bonchev–Trinajstić information content (AvgIpc) is 2.77. The van der Waals surface area contributed by atoms with Crippen LogP contribution in [0.25, 0.3) is 0 Å². The molecule has 2 aromatic rings. The van der Waals surface area contributed by atoms with Crippen LogP contribution in [0, 0.1) is 18.8 Å². The Morgan fingerprint density at radius 1 is 1.09 bits per heavy atom. The average molecular weight is 443 g/mol. The van der Waals surface area contributed by atoms with Crippen molar-refractivity contribution in [2.45, 2.75) is 32.0 Å². The van der Waals surface area contributed by atoms with Crippen LogP contribution in [0.1, 0.15) is 39.9 Å². The van der Waals surface area contributed by atoms with Crippen molar-refractivity contribution in [3.05, 3.63) is 70.8 Å². The second kappa shape index (κ2) is 10.2. The number of rotatable bonds is 3. The van der Waals surface area contributed by atoms with Crippen molar-refractivity contribution in [1.29, 1.82) is 0 Å². The second-order valence-electron chi connectivity index (χ2n) is 7.59. The van der Waals surface area contributed by atoms with Gasteiger partial charge in [-0.3, -0.25) is 4.79 Å². The molecule has 0 spiro atoms. The number of hydrogen-bond acceptors (Lipinski definition) is 2. The highest BCUT2D eigenvalue weighted by molar-refractivity contribution is 5.95. The Labute approximate surface area is 185 Å². The first-order valence-corrected chi connectivity index (χ1v) is 10.3. The van der Waals surface area contributed by atoms with E-state index in [1.807, 2.05) is 25.1 Å². The summed E-state index contributed by atoms with van der Waals surface area (Å²) < 4.78 is 38.2. The second-order valence-corrected chi connectivity index (χ2v) is 7.59. The normalized spacial score (nSPS) is 14.3. The standard InChI is InChI=1S/C24H24F3N3O2/c1-17-6-2-3-10-21(17)22(31)29-20-11-14-30(15-12-20)23(32)28-13-5-8-18-7-4-9-19(16-18)24(25,26)27/h2-4,6-7,9-10,16,20H,11-15H2,1H3,(H,28,32)(H,29,31). The van der Waals surface area contributed by atoms with E-state index in [1.54, 1.807) is 11.0 Å². The maximum absolute atomic E-state index is 12.7. The summed E-state index contributed by atoms with van der Waals surface area (Å²) in [5.41, 5.74) is 1.03. The van der Waals surface area contributed by atoms with Gasteiger partial charge in [-0.1, -0.05) is 36.1 Å². The van der Waals surface area contributed by atoms with Crippen molar-refractivity contribution in [2.24, 2.45) is 0 Å². The maximum Gasteiger partial charge on any atom is 0.416 e. The lowest BCUT2D eigenvalue weighted by atomic mass is 10.0. The highest BCUT2D eigenvalue weighted by Gasteiger charge is 2.30. The topological polar surface area (TPSA) is 61.4 Å². The summed E-state index contributed by atoms with van der Waals surface area (Å²) in [5.74, 6) is 5.19. The number of aryl methyl sites for hydroxylation is 1. The molecule has 1 fully saturated rings. The van der Waals surface area contributed by atoms with Gasteiger partial charge in [-0.2, -0.15) is 13.2 Å². The number of piperidine rings is 1. The Bertz CT molecular complexity index is 1030. The highest BCUT2D eigenvalue weighted by atomic mass is 19.4. The fraction of sp³-hybridized carbons (Fsp3) is 0.333. The van der Waals surface area contributed by atoms with Crippen LogP contribution < -0.4 is 10.6 Å². The predicted octanol–water partition coefficient (Wildman–Crippen LogP) is 3.97. The van der Waals surface area contributed by atoms with Gasteiger partial charge >= 0.3 is 12.2 Å². The van der Waals surface area contributed by atoms with E-state index < -0.39 is 11.7 Å². The Hall–Kier alpha value is -3.47. The number of alkyl halides is 3. The predicted molar refractivity (Wildman–Crippen MR) is 115 cm³/mol. The highest BCUT2D eigenvalue weighted by Crippen LogP contribution is 2.29. The maximum atomic E-state index is 12.7. The molecule has 3 amide bonds. The minimum absolute atomic E-state index is 0.00754. The molecule has 0 aliphatic carbocycles.